The zero-order valence-electron chi connectivity index (χ0n) is 4.66. The van der Waals surface area contributed by atoms with Crippen molar-refractivity contribution in [3.8, 4) is 6.07 Å². The first-order valence-electron chi connectivity index (χ1n) is 2.46. The largest absolute Gasteiger partial charge is 0.392 e. The molecule has 46 valence electrons. The SMILES string of the molecule is N#Cc1sccc1CO. The molecule has 0 aliphatic carbocycles. The normalized spacial score (nSPS) is 8.89. The highest BCUT2D eigenvalue weighted by molar-refractivity contribution is 7.10. The van der Waals surface area contributed by atoms with Gasteiger partial charge in [0.2, 0.25) is 0 Å². The summed E-state index contributed by atoms with van der Waals surface area (Å²) in [6.45, 7) is -0.0353. The molecule has 0 aliphatic heterocycles. The number of hydrogen-bond acceptors (Lipinski definition) is 3. The minimum atomic E-state index is -0.0353. The Labute approximate surface area is 57.0 Å². The second-order valence-corrected chi connectivity index (χ2v) is 2.46. The van der Waals surface area contributed by atoms with Crippen LogP contribution in [0.1, 0.15) is 10.4 Å². The van der Waals surface area contributed by atoms with Gasteiger partial charge in [0.25, 0.3) is 0 Å². The lowest BCUT2D eigenvalue weighted by atomic mass is 10.3. The molecular formula is C6H5NOS. The second kappa shape index (κ2) is 2.62. The van der Waals surface area contributed by atoms with Crippen LogP contribution in [0.25, 0.3) is 0 Å². The van der Waals surface area contributed by atoms with Gasteiger partial charge in [0.1, 0.15) is 10.9 Å². The number of hydrogen-bond donors (Lipinski definition) is 1. The number of nitrogens with zero attached hydrogens (tertiary/aromatic N) is 1. The smallest absolute Gasteiger partial charge is 0.110 e. The quantitative estimate of drug-likeness (QED) is 0.633. The highest BCUT2D eigenvalue weighted by atomic mass is 32.1. The standard InChI is InChI=1S/C6H5NOS/c7-3-6-5(4-8)1-2-9-6/h1-2,8H,4H2. The first kappa shape index (κ1) is 6.27. The predicted molar refractivity (Wildman–Crippen MR) is 35.0 cm³/mol. The van der Waals surface area contributed by atoms with E-state index in [1.165, 1.54) is 11.3 Å². The lowest BCUT2D eigenvalue weighted by Crippen LogP contribution is -1.79. The van der Waals surface area contributed by atoms with E-state index in [0.717, 1.165) is 5.56 Å². The van der Waals surface area contributed by atoms with Crippen LogP contribution >= 0.6 is 11.3 Å². The van der Waals surface area contributed by atoms with Crippen LogP contribution in [0.2, 0.25) is 0 Å². The maximum absolute atomic E-state index is 8.59. The van der Waals surface area contributed by atoms with Gasteiger partial charge in [0.05, 0.1) is 6.61 Å². The summed E-state index contributed by atoms with van der Waals surface area (Å²) >= 11 is 1.35. The Morgan fingerprint density at radius 1 is 1.78 bits per heavy atom. The highest BCUT2D eigenvalue weighted by Crippen LogP contribution is 2.14. The van der Waals surface area contributed by atoms with Crippen LogP contribution in [0.5, 0.6) is 0 Å². The maximum atomic E-state index is 8.59. The second-order valence-electron chi connectivity index (χ2n) is 1.54. The van der Waals surface area contributed by atoms with Crippen LogP contribution in [0.3, 0.4) is 0 Å². The first-order chi connectivity index (χ1) is 4.38. The van der Waals surface area contributed by atoms with Crippen molar-refractivity contribution in [3.63, 3.8) is 0 Å². The van der Waals surface area contributed by atoms with Crippen molar-refractivity contribution >= 4 is 11.3 Å². The fourth-order valence-corrected chi connectivity index (χ4v) is 1.26. The van der Waals surface area contributed by atoms with Crippen LogP contribution < -0.4 is 0 Å². The number of aliphatic hydroxyl groups is 1. The molecule has 3 heteroatoms. The van der Waals surface area contributed by atoms with E-state index in [2.05, 4.69) is 0 Å². The topological polar surface area (TPSA) is 44.0 Å². The van der Waals surface area contributed by atoms with E-state index in [9.17, 15) is 0 Å². The van der Waals surface area contributed by atoms with Crippen molar-refractivity contribution in [3.05, 3.63) is 21.9 Å². The summed E-state index contributed by atoms with van der Waals surface area (Å²) in [5, 5.41) is 18.8. The van der Waals surface area contributed by atoms with Crippen molar-refractivity contribution < 1.29 is 5.11 Å². The van der Waals surface area contributed by atoms with Crippen LogP contribution in [-0.2, 0) is 6.61 Å². The number of nitriles is 1. The molecular weight excluding hydrogens is 134 g/mol. The van der Waals surface area contributed by atoms with Crippen molar-refractivity contribution in [2.45, 2.75) is 6.61 Å². The third kappa shape index (κ3) is 1.10. The molecule has 0 saturated heterocycles. The van der Waals surface area contributed by atoms with Gasteiger partial charge in [-0.3, -0.25) is 0 Å². The predicted octanol–water partition coefficient (Wildman–Crippen LogP) is 1.11. The van der Waals surface area contributed by atoms with Crippen LogP contribution in [-0.4, -0.2) is 5.11 Å². The zero-order valence-corrected chi connectivity index (χ0v) is 5.48. The molecule has 1 rings (SSSR count). The van der Waals surface area contributed by atoms with Crippen LogP contribution in [0, 0.1) is 11.3 Å². The van der Waals surface area contributed by atoms with Gasteiger partial charge in [-0.2, -0.15) is 5.26 Å². The fraction of sp³-hybridized carbons (Fsp3) is 0.167. The molecule has 1 heterocycles. The summed E-state index contributed by atoms with van der Waals surface area (Å²) in [5.41, 5.74) is 0.725. The van der Waals surface area contributed by atoms with E-state index in [0.29, 0.717) is 4.88 Å². The van der Waals surface area contributed by atoms with Gasteiger partial charge in [-0.1, -0.05) is 0 Å². The van der Waals surface area contributed by atoms with Crippen LogP contribution in [0.4, 0.5) is 0 Å². The Kier molecular flexibility index (Phi) is 1.83. The number of rotatable bonds is 1. The molecule has 0 saturated carbocycles. The zero-order chi connectivity index (χ0) is 6.69. The van der Waals surface area contributed by atoms with Gasteiger partial charge in [0.15, 0.2) is 0 Å². The Balaban J connectivity index is 3.02. The monoisotopic (exact) mass is 139 g/mol. The molecule has 0 spiro atoms. The molecule has 9 heavy (non-hydrogen) atoms. The Bertz CT molecular complexity index is 235. The molecule has 0 fully saturated rings. The Hall–Kier alpha value is -0.850. The van der Waals surface area contributed by atoms with Gasteiger partial charge in [-0.15, -0.1) is 11.3 Å². The molecule has 1 aromatic heterocycles. The minimum Gasteiger partial charge on any atom is -0.392 e. The van der Waals surface area contributed by atoms with Crippen LogP contribution in [0.15, 0.2) is 11.4 Å². The molecule has 1 N–H and O–H groups in total. The molecule has 0 unspecified atom stereocenters. The molecule has 1 aromatic rings. The van der Waals surface area contributed by atoms with Gasteiger partial charge in [-0.25, -0.2) is 0 Å². The average molecular weight is 139 g/mol. The van der Waals surface area contributed by atoms with Gasteiger partial charge in [0, 0.05) is 5.56 Å². The van der Waals surface area contributed by atoms with Gasteiger partial charge >= 0.3 is 0 Å². The number of thiophene rings is 1. The Morgan fingerprint density at radius 2 is 2.56 bits per heavy atom. The van der Waals surface area contributed by atoms with E-state index >= 15 is 0 Å². The van der Waals surface area contributed by atoms with E-state index < -0.39 is 0 Å². The van der Waals surface area contributed by atoms with E-state index in [1.54, 1.807) is 11.4 Å². The number of aliphatic hydroxyl groups excluding tert-OH is 1. The summed E-state index contributed by atoms with van der Waals surface area (Å²) < 4.78 is 0. The van der Waals surface area contributed by atoms with Gasteiger partial charge in [-0.05, 0) is 11.4 Å². The molecule has 0 atom stereocenters. The van der Waals surface area contributed by atoms with Crippen molar-refractivity contribution in [2.24, 2.45) is 0 Å². The van der Waals surface area contributed by atoms with E-state index in [4.69, 9.17) is 10.4 Å². The molecule has 0 bridgehead atoms. The summed E-state index contributed by atoms with van der Waals surface area (Å²) in [6, 6.07) is 3.74. The van der Waals surface area contributed by atoms with E-state index in [1.807, 2.05) is 6.07 Å². The van der Waals surface area contributed by atoms with Crippen molar-refractivity contribution in [1.82, 2.24) is 0 Å². The van der Waals surface area contributed by atoms with E-state index in [-0.39, 0.29) is 6.61 Å². The maximum Gasteiger partial charge on any atom is 0.110 e. The average Bonchev–Trinajstić information content (AvgIpc) is 2.33. The molecule has 0 aliphatic rings. The molecule has 2 nitrogen and oxygen atoms in total. The summed E-state index contributed by atoms with van der Waals surface area (Å²) in [4.78, 5) is 0.609. The summed E-state index contributed by atoms with van der Waals surface area (Å²) in [6.07, 6.45) is 0. The van der Waals surface area contributed by atoms with Crippen molar-refractivity contribution in [1.29, 1.82) is 5.26 Å². The summed E-state index contributed by atoms with van der Waals surface area (Å²) in [5.74, 6) is 0. The molecule has 0 amide bonds. The highest BCUT2D eigenvalue weighted by Gasteiger charge is 1.98. The first-order valence-corrected chi connectivity index (χ1v) is 3.33. The van der Waals surface area contributed by atoms with Crippen molar-refractivity contribution in [2.75, 3.05) is 0 Å². The Morgan fingerprint density at radius 3 is 3.00 bits per heavy atom. The minimum absolute atomic E-state index is 0.0353. The fourth-order valence-electron chi connectivity index (χ4n) is 0.558. The lowest BCUT2D eigenvalue weighted by Gasteiger charge is -1.85. The third-order valence-corrected chi connectivity index (χ3v) is 1.88. The van der Waals surface area contributed by atoms with Gasteiger partial charge < -0.3 is 5.11 Å². The molecule has 0 radical (unpaired) electrons. The molecule has 0 aromatic carbocycles. The third-order valence-electron chi connectivity index (χ3n) is 1.02. The lowest BCUT2D eigenvalue weighted by molar-refractivity contribution is 0.282. The summed E-state index contributed by atoms with van der Waals surface area (Å²) in [7, 11) is 0.